The number of esters is 1. The normalized spacial score (nSPS) is 13.0. The molecule has 2 N–H and O–H groups in total. The third-order valence-corrected chi connectivity index (χ3v) is 4.36. The largest absolute Gasteiger partial charge is 0.479 e. The summed E-state index contributed by atoms with van der Waals surface area (Å²) in [5, 5.41) is 0. The Bertz CT molecular complexity index is 873. The SMILES string of the molecule is C[C@H](OC(=O)[C@@H](C)Oc1ccc(C(C)(C)C)cc1)C(=O)NNC(=O)c1ccccc1. The van der Waals surface area contributed by atoms with Gasteiger partial charge in [-0.3, -0.25) is 20.4 Å². The average molecular weight is 412 g/mol. The zero-order valence-corrected chi connectivity index (χ0v) is 17.9. The predicted molar refractivity (Wildman–Crippen MR) is 113 cm³/mol. The summed E-state index contributed by atoms with van der Waals surface area (Å²) in [7, 11) is 0. The standard InChI is InChI=1S/C23H28N2O5/c1-15(20(26)24-25-21(27)17-9-7-6-8-10-17)30-22(28)16(2)29-19-13-11-18(12-14-19)23(3,4)5/h6-16H,1-5H3,(H,24,26)(H,25,27)/t15-,16+/m0/s1. The summed E-state index contributed by atoms with van der Waals surface area (Å²) in [6, 6.07) is 15.9. The minimum atomic E-state index is -1.11. The fourth-order valence-corrected chi connectivity index (χ4v) is 2.49. The van der Waals surface area contributed by atoms with E-state index in [-0.39, 0.29) is 5.41 Å². The number of hydrogen-bond donors (Lipinski definition) is 2. The molecule has 160 valence electrons. The molecule has 7 nitrogen and oxygen atoms in total. The van der Waals surface area contributed by atoms with E-state index in [4.69, 9.17) is 9.47 Å². The highest BCUT2D eigenvalue weighted by Gasteiger charge is 2.24. The Morgan fingerprint density at radius 1 is 0.833 bits per heavy atom. The maximum Gasteiger partial charge on any atom is 0.347 e. The Morgan fingerprint density at radius 2 is 1.43 bits per heavy atom. The Hall–Kier alpha value is -3.35. The molecule has 2 amide bonds. The highest BCUT2D eigenvalue weighted by molar-refractivity contribution is 5.95. The number of carbonyl (C=O) groups excluding carboxylic acids is 3. The van der Waals surface area contributed by atoms with Gasteiger partial charge in [-0.15, -0.1) is 0 Å². The van der Waals surface area contributed by atoms with Gasteiger partial charge in [-0.05, 0) is 49.1 Å². The molecule has 0 fully saturated rings. The van der Waals surface area contributed by atoms with Gasteiger partial charge in [0.15, 0.2) is 12.2 Å². The van der Waals surface area contributed by atoms with Crippen molar-refractivity contribution in [1.29, 1.82) is 0 Å². The second-order valence-electron chi connectivity index (χ2n) is 7.92. The lowest BCUT2D eigenvalue weighted by Crippen LogP contribution is -2.47. The molecule has 0 aliphatic rings. The van der Waals surface area contributed by atoms with Gasteiger partial charge < -0.3 is 9.47 Å². The van der Waals surface area contributed by atoms with E-state index < -0.39 is 30.0 Å². The fourth-order valence-electron chi connectivity index (χ4n) is 2.49. The van der Waals surface area contributed by atoms with E-state index in [1.807, 2.05) is 12.1 Å². The zero-order valence-electron chi connectivity index (χ0n) is 17.9. The third kappa shape index (κ3) is 6.62. The Morgan fingerprint density at radius 3 is 2.00 bits per heavy atom. The highest BCUT2D eigenvalue weighted by Crippen LogP contribution is 2.24. The molecule has 0 saturated carbocycles. The van der Waals surface area contributed by atoms with Crippen LogP contribution in [-0.2, 0) is 19.7 Å². The van der Waals surface area contributed by atoms with Crippen molar-refractivity contribution in [3.63, 3.8) is 0 Å². The van der Waals surface area contributed by atoms with Gasteiger partial charge in [0, 0.05) is 5.56 Å². The number of carbonyl (C=O) groups is 3. The molecule has 30 heavy (non-hydrogen) atoms. The molecule has 7 heteroatoms. The van der Waals surface area contributed by atoms with Crippen molar-refractivity contribution in [3.8, 4) is 5.75 Å². The first kappa shape index (κ1) is 22.9. The van der Waals surface area contributed by atoms with Crippen molar-refractivity contribution in [2.45, 2.75) is 52.2 Å². The van der Waals surface area contributed by atoms with Crippen LogP contribution >= 0.6 is 0 Å². The molecule has 0 bridgehead atoms. The number of nitrogens with one attached hydrogen (secondary N) is 2. The van der Waals surface area contributed by atoms with Gasteiger partial charge in [-0.25, -0.2) is 4.79 Å². The summed E-state index contributed by atoms with van der Waals surface area (Å²) in [4.78, 5) is 36.3. The molecule has 0 heterocycles. The molecule has 0 aliphatic carbocycles. The summed E-state index contributed by atoms with van der Waals surface area (Å²) in [6.45, 7) is 9.28. The van der Waals surface area contributed by atoms with Crippen molar-refractivity contribution in [2.24, 2.45) is 0 Å². The van der Waals surface area contributed by atoms with Crippen LogP contribution in [0.4, 0.5) is 0 Å². The van der Waals surface area contributed by atoms with Crippen LogP contribution in [0.3, 0.4) is 0 Å². The van der Waals surface area contributed by atoms with Crippen LogP contribution < -0.4 is 15.6 Å². The van der Waals surface area contributed by atoms with Gasteiger partial charge in [-0.1, -0.05) is 51.1 Å². The molecule has 0 unspecified atom stereocenters. The smallest absolute Gasteiger partial charge is 0.347 e. The predicted octanol–water partition coefficient (Wildman–Crippen LogP) is 3.14. The van der Waals surface area contributed by atoms with E-state index in [1.54, 1.807) is 49.4 Å². The van der Waals surface area contributed by atoms with E-state index in [0.717, 1.165) is 5.56 Å². The molecule has 0 aliphatic heterocycles. The van der Waals surface area contributed by atoms with Crippen molar-refractivity contribution in [2.75, 3.05) is 0 Å². The molecule has 2 atom stereocenters. The maximum atomic E-state index is 12.2. The van der Waals surface area contributed by atoms with Crippen LogP contribution in [-0.4, -0.2) is 30.0 Å². The average Bonchev–Trinajstić information content (AvgIpc) is 2.71. The van der Waals surface area contributed by atoms with Gasteiger partial charge in [-0.2, -0.15) is 0 Å². The number of hydrazine groups is 1. The summed E-state index contributed by atoms with van der Waals surface area (Å²) in [6.07, 6.45) is -2.01. The van der Waals surface area contributed by atoms with Crippen molar-refractivity contribution in [3.05, 3.63) is 65.7 Å². The van der Waals surface area contributed by atoms with E-state index >= 15 is 0 Å². The summed E-state index contributed by atoms with van der Waals surface area (Å²) in [5.74, 6) is -1.29. The maximum absolute atomic E-state index is 12.2. The van der Waals surface area contributed by atoms with Gasteiger partial charge in [0.25, 0.3) is 11.8 Å². The zero-order chi connectivity index (χ0) is 22.3. The summed E-state index contributed by atoms with van der Waals surface area (Å²) in [5.41, 5.74) is 6.07. The first-order valence-corrected chi connectivity index (χ1v) is 9.71. The van der Waals surface area contributed by atoms with E-state index in [2.05, 4.69) is 31.6 Å². The van der Waals surface area contributed by atoms with E-state index in [1.165, 1.54) is 6.92 Å². The number of hydrogen-bond acceptors (Lipinski definition) is 5. The second-order valence-corrected chi connectivity index (χ2v) is 7.92. The van der Waals surface area contributed by atoms with Crippen LogP contribution in [0.15, 0.2) is 54.6 Å². The minimum absolute atomic E-state index is 0.0157. The van der Waals surface area contributed by atoms with Crippen molar-refractivity contribution < 1.29 is 23.9 Å². The monoisotopic (exact) mass is 412 g/mol. The fraction of sp³-hybridized carbons (Fsp3) is 0.348. The van der Waals surface area contributed by atoms with Crippen LogP contribution in [0, 0.1) is 0 Å². The number of rotatable bonds is 6. The quantitative estimate of drug-likeness (QED) is 0.562. The molecule has 2 rings (SSSR count). The lowest BCUT2D eigenvalue weighted by atomic mass is 9.87. The molecular weight excluding hydrogens is 384 g/mol. The number of ether oxygens (including phenoxy) is 2. The molecular formula is C23H28N2O5. The van der Waals surface area contributed by atoms with Crippen LogP contribution in [0.25, 0.3) is 0 Å². The molecule has 2 aromatic rings. The Kier molecular flexibility index (Phi) is 7.58. The Labute approximate surface area is 176 Å². The lowest BCUT2D eigenvalue weighted by molar-refractivity contribution is -0.161. The van der Waals surface area contributed by atoms with E-state index in [9.17, 15) is 14.4 Å². The van der Waals surface area contributed by atoms with Crippen LogP contribution in [0.5, 0.6) is 5.75 Å². The summed E-state index contributed by atoms with van der Waals surface area (Å²) < 4.78 is 10.7. The highest BCUT2D eigenvalue weighted by atomic mass is 16.6. The van der Waals surface area contributed by atoms with Gasteiger partial charge in [0.05, 0.1) is 0 Å². The van der Waals surface area contributed by atoms with Crippen molar-refractivity contribution >= 4 is 17.8 Å². The molecule has 0 spiro atoms. The van der Waals surface area contributed by atoms with E-state index in [0.29, 0.717) is 11.3 Å². The minimum Gasteiger partial charge on any atom is -0.479 e. The first-order chi connectivity index (χ1) is 14.1. The number of benzene rings is 2. The van der Waals surface area contributed by atoms with Gasteiger partial charge in [0.2, 0.25) is 0 Å². The molecule has 2 aromatic carbocycles. The first-order valence-electron chi connectivity index (χ1n) is 9.71. The third-order valence-electron chi connectivity index (χ3n) is 4.36. The topological polar surface area (TPSA) is 93.7 Å². The summed E-state index contributed by atoms with van der Waals surface area (Å²) >= 11 is 0. The second kappa shape index (κ2) is 9.91. The van der Waals surface area contributed by atoms with Gasteiger partial charge >= 0.3 is 5.97 Å². The van der Waals surface area contributed by atoms with Crippen molar-refractivity contribution in [1.82, 2.24) is 10.9 Å². The van der Waals surface area contributed by atoms with Crippen LogP contribution in [0.1, 0.15) is 50.5 Å². The number of amides is 2. The molecule has 0 aromatic heterocycles. The molecule has 0 radical (unpaired) electrons. The van der Waals surface area contributed by atoms with Gasteiger partial charge in [0.1, 0.15) is 5.75 Å². The van der Waals surface area contributed by atoms with Crippen LogP contribution in [0.2, 0.25) is 0 Å². The molecule has 0 saturated heterocycles. The lowest BCUT2D eigenvalue weighted by Gasteiger charge is -2.20. The Balaban J connectivity index is 1.82.